The molecular formula is C18H19N3O2S. The number of aryl methyl sites for hydroxylation is 2. The van der Waals surface area contributed by atoms with Crippen molar-refractivity contribution >= 4 is 34.0 Å². The van der Waals surface area contributed by atoms with Crippen molar-refractivity contribution in [2.75, 3.05) is 16.8 Å². The maximum Gasteiger partial charge on any atom is 0.257 e. The summed E-state index contributed by atoms with van der Waals surface area (Å²) in [7, 11) is 0. The molecule has 2 aromatic rings. The first-order chi connectivity index (χ1) is 11.7. The number of carbonyl (C=O) groups is 2. The molecule has 1 aromatic heterocycles. The van der Waals surface area contributed by atoms with E-state index in [1.165, 1.54) is 17.7 Å². The van der Waals surface area contributed by atoms with Crippen LogP contribution >= 0.6 is 11.3 Å². The van der Waals surface area contributed by atoms with E-state index in [4.69, 9.17) is 0 Å². The van der Waals surface area contributed by atoms with E-state index in [1.54, 1.807) is 28.4 Å². The number of nitrogens with one attached hydrogen (secondary N) is 1. The van der Waals surface area contributed by atoms with Crippen LogP contribution in [-0.2, 0) is 17.6 Å². The summed E-state index contributed by atoms with van der Waals surface area (Å²) in [5.41, 5.74) is 2.58. The van der Waals surface area contributed by atoms with E-state index in [2.05, 4.69) is 10.3 Å². The maximum atomic E-state index is 12.4. The minimum absolute atomic E-state index is 0.152. The monoisotopic (exact) mass is 341 g/mol. The SMILES string of the molecule is O=C(Nc1nc2c(s1)CCCC2)c1ccc(N2CCCC2=O)cc1. The van der Waals surface area contributed by atoms with Crippen molar-refractivity contribution in [3.8, 4) is 0 Å². The summed E-state index contributed by atoms with van der Waals surface area (Å²) in [4.78, 5) is 31.8. The molecule has 1 N–H and O–H groups in total. The lowest BCUT2D eigenvalue weighted by molar-refractivity contribution is -0.117. The normalized spacial score (nSPS) is 17.0. The Bertz CT molecular complexity index is 759. The van der Waals surface area contributed by atoms with E-state index in [0.717, 1.165) is 37.2 Å². The van der Waals surface area contributed by atoms with Crippen LogP contribution < -0.4 is 10.2 Å². The quantitative estimate of drug-likeness (QED) is 0.931. The molecule has 4 rings (SSSR count). The molecule has 24 heavy (non-hydrogen) atoms. The van der Waals surface area contributed by atoms with Crippen molar-refractivity contribution in [2.24, 2.45) is 0 Å². The summed E-state index contributed by atoms with van der Waals surface area (Å²) in [6.45, 7) is 0.759. The molecular weight excluding hydrogens is 322 g/mol. The van der Waals surface area contributed by atoms with Gasteiger partial charge in [0.05, 0.1) is 5.69 Å². The lowest BCUT2D eigenvalue weighted by Crippen LogP contribution is -2.23. The van der Waals surface area contributed by atoms with Gasteiger partial charge in [0.2, 0.25) is 5.91 Å². The topological polar surface area (TPSA) is 62.3 Å². The van der Waals surface area contributed by atoms with Crippen LogP contribution in [-0.4, -0.2) is 23.3 Å². The highest BCUT2D eigenvalue weighted by atomic mass is 32.1. The Morgan fingerprint density at radius 2 is 1.88 bits per heavy atom. The van der Waals surface area contributed by atoms with E-state index in [9.17, 15) is 9.59 Å². The van der Waals surface area contributed by atoms with Crippen LogP contribution in [0.3, 0.4) is 0 Å². The Labute approximate surface area is 144 Å². The van der Waals surface area contributed by atoms with Gasteiger partial charge in [0.25, 0.3) is 5.91 Å². The van der Waals surface area contributed by atoms with E-state index in [-0.39, 0.29) is 11.8 Å². The molecule has 124 valence electrons. The second-order valence-corrected chi connectivity index (χ2v) is 7.33. The van der Waals surface area contributed by atoms with Gasteiger partial charge in [-0.15, -0.1) is 11.3 Å². The van der Waals surface area contributed by atoms with Gasteiger partial charge in [-0.05, 0) is 56.4 Å². The number of nitrogens with zero attached hydrogens (tertiary/aromatic N) is 2. The van der Waals surface area contributed by atoms with Crippen LogP contribution in [0.15, 0.2) is 24.3 Å². The number of rotatable bonds is 3. The number of carbonyl (C=O) groups excluding carboxylic acids is 2. The van der Waals surface area contributed by atoms with Crippen LogP contribution in [0.5, 0.6) is 0 Å². The standard InChI is InChI=1S/C18H19N3O2S/c22-16-6-3-11-21(16)13-9-7-12(8-10-13)17(23)20-18-19-14-4-1-2-5-15(14)24-18/h7-10H,1-6,11H2,(H,19,20,23). The Balaban J connectivity index is 1.46. The molecule has 2 heterocycles. The number of amides is 2. The number of aromatic nitrogens is 1. The highest BCUT2D eigenvalue weighted by Crippen LogP contribution is 2.30. The summed E-state index contributed by atoms with van der Waals surface area (Å²) < 4.78 is 0. The van der Waals surface area contributed by atoms with E-state index in [0.29, 0.717) is 17.1 Å². The predicted molar refractivity (Wildman–Crippen MR) is 94.7 cm³/mol. The summed E-state index contributed by atoms with van der Waals surface area (Å²) in [6.07, 6.45) is 5.98. The number of hydrogen-bond donors (Lipinski definition) is 1. The van der Waals surface area contributed by atoms with E-state index < -0.39 is 0 Å². The third-order valence-electron chi connectivity index (χ3n) is 4.58. The van der Waals surface area contributed by atoms with Gasteiger partial charge in [-0.2, -0.15) is 0 Å². The van der Waals surface area contributed by atoms with Crippen molar-refractivity contribution in [2.45, 2.75) is 38.5 Å². The second kappa shape index (κ2) is 6.36. The lowest BCUT2D eigenvalue weighted by Gasteiger charge is -2.15. The van der Waals surface area contributed by atoms with Crippen LogP contribution in [0.4, 0.5) is 10.8 Å². The summed E-state index contributed by atoms with van der Waals surface area (Å²) >= 11 is 1.59. The van der Waals surface area contributed by atoms with Gasteiger partial charge in [-0.25, -0.2) is 4.98 Å². The Morgan fingerprint density at radius 3 is 2.58 bits per heavy atom. The number of fused-ring (bicyclic) bond motifs is 1. The number of thiazole rings is 1. The molecule has 5 nitrogen and oxygen atoms in total. The maximum absolute atomic E-state index is 12.4. The Hall–Kier alpha value is -2.21. The van der Waals surface area contributed by atoms with Crippen molar-refractivity contribution < 1.29 is 9.59 Å². The van der Waals surface area contributed by atoms with E-state index in [1.807, 2.05) is 12.1 Å². The van der Waals surface area contributed by atoms with Gasteiger partial charge in [-0.3, -0.25) is 14.9 Å². The first-order valence-corrected chi connectivity index (χ1v) is 9.23. The minimum Gasteiger partial charge on any atom is -0.312 e. The summed E-state index contributed by atoms with van der Waals surface area (Å²) in [6, 6.07) is 7.21. The summed E-state index contributed by atoms with van der Waals surface area (Å²) in [5.74, 6) is 0.000892. The fourth-order valence-corrected chi connectivity index (χ4v) is 4.33. The number of hydrogen-bond acceptors (Lipinski definition) is 4. The predicted octanol–water partition coefficient (Wildman–Crippen LogP) is 3.40. The van der Waals surface area contributed by atoms with Gasteiger partial charge < -0.3 is 4.90 Å². The highest BCUT2D eigenvalue weighted by Gasteiger charge is 2.22. The second-order valence-electron chi connectivity index (χ2n) is 6.25. The van der Waals surface area contributed by atoms with Crippen LogP contribution in [0, 0.1) is 0 Å². The van der Waals surface area contributed by atoms with Gasteiger partial charge in [0.15, 0.2) is 5.13 Å². The average Bonchev–Trinajstić information content (AvgIpc) is 3.20. The first-order valence-electron chi connectivity index (χ1n) is 8.41. The van der Waals surface area contributed by atoms with Gasteiger partial charge >= 0.3 is 0 Å². The molecule has 6 heteroatoms. The van der Waals surface area contributed by atoms with E-state index >= 15 is 0 Å². The fraction of sp³-hybridized carbons (Fsp3) is 0.389. The minimum atomic E-state index is -0.152. The third kappa shape index (κ3) is 2.94. The van der Waals surface area contributed by atoms with Gasteiger partial charge in [0, 0.05) is 29.1 Å². The smallest absolute Gasteiger partial charge is 0.257 e. The molecule has 0 saturated carbocycles. The van der Waals surface area contributed by atoms with Gasteiger partial charge in [0.1, 0.15) is 0 Å². The van der Waals surface area contributed by atoms with Crippen molar-refractivity contribution in [3.05, 3.63) is 40.4 Å². The first kappa shape index (κ1) is 15.3. The molecule has 0 bridgehead atoms. The number of benzene rings is 1. The van der Waals surface area contributed by atoms with Crippen LogP contribution in [0.25, 0.3) is 0 Å². The number of anilines is 2. The molecule has 1 aliphatic heterocycles. The molecule has 0 unspecified atom stereocenters. The molecule has 1 saturated heterocycles. The Kier molecular flexibility index (Phi) is 4.06. The molecule has 1 aromatic carbocycles. The molecule has 1 aliphatic carbocycles. The molecule has 0 atom stereocenters. The summed E-state index contributed by atoms with van der Waals surface area (Å²) in [5, 5.41) is 3.59. The van der Waals surface area contributed by atoms with Gasteiger partial charge in [-0.1, -0.05) is 0 Å². The molecule has 1 fully saturated rings. The Morgan fingerprint density at radius 1 is 1.08 bits per heavy atom. The fourth-order valence-electron chi connectivity index (χ4n) is 3.29. The zero-order valence-corrected chi connectivity index (χ0v) is 14.2. The lowest BCUT2D eigenvalue weighted by atomic mass is 10.0. The third-order valence-corrected chi connectivity index (χ3v) is 5.65. The van der Waals surface area contributed by atoms with Crippen LogP contribution in [0.1, 0.15) is 46.6 Å². The van der Waals surface area contributed by atoms with Crippen molar-refractivity contribution in [3.63, 3.8) is 0 Å². The zero-order chi connectivity index (χ0) is 16.5. The zero-order valence-electron chi connectivity index (χ0n) is 13.4. The highest BCUT2D eigenvalue weighted by molar-refractivity contribution is 7.15. The molecule has 0 radical (unpaired) electrons. The largest absolute Gasteiger partial charge is 0.312 e. The van der Waals surface area contributed by atoms with Crippen molar-refractivity contribution in [1.82, 2.24) is 4.98 Å². The van der Waals surface area contributed by atoms with Crippen molar-refractivity contribution in [1.29, 1.82) is 0 Å². The molecule has 0 spiro atoms. The molecule has 2 amide bonds. The molecule has 2 aliphatic rings. The average molecular weight is 341 g/mol. The van der Waals surface area contributed by atoms with Crippen LogP contribution in [0.2, 0.25) is 0 Å².